The molecular weight excluding hydrogens is 352 g/mol. The highest BCUT2D eigenvalue weighted by Crippen LogP contribution is 2.13. The van der Waals surface area contributed by atoms with Crippen molar-refractivity contribution in [3.05, 3.63) is 64.1 Å². The molecule has 0 radical (unpaired) electrons. The van der Waals surface area contributed by atoms with Gasteiger partial charge in [-0.05, 0) is 48.4 Å². The molecule has 4 nitrogen and oxygen atoms in total. The third kappa shape index (κ3) is 4.64. The molecule has 0 aliphatic carbocycles. The Bertz CT molecular complexity index is 683. The second-order valence-electron chi connectivity index (χ2n) is 4.63. The predicted octanol–water partition coefficient (Wildman–Crippen LogP) is 2.43. The highest BCUT2D eigenvalue weighted by Gasteiger charge is 2.13. The van der Waals surface area contributed by atoms with Crippen LogP contribution in [0.2, 0.25) is 0 Å². The Morgan fingerprint density at radius 2 is 1.52 bits per heavy atom. The van der Waals surface area contributed by atoms with Crippen molar-refractivity contribution < 1.29 is 8.42 Å². The van der Waals surface area contributed by atoms with Crippen LogP contribution in [-0.2, 0) is 23.0 Å². The summed E-state index contributed by atoms with van der Waals surface area (Å²) >= 11 is 3.34. The van der Waals surface area contributed by atoms with Crippen molar-refractivity contribution in [2.24, 2.45) is 5.73 Å². The van der Waals surface area contributed by atoms with Crippen molar-refractivity contribution in [2.75, 3.05) is 6.54 Å². The number of benzene rings is 2. The van der Waals surface area contributed by atoms with Gasteiger partial charge in [0.15, 0.2) is 0 Å². The first-order valence-corrected chi connectivity index (χ1v) is 8.82. The van der Waals surface area contributed by atoms with E-state index in [-0.39, 0.29) is 11.4 Å². The number of hydrogen-bond acceptors (Lipinski definition) is 3. The molecule has 0 unspecified atom stereocenters. The first-order chi connectivity index (χ1) is 10.0. The van der Waals surface area contributed by atoms with Gasteiger partial charge in [-0.1, -0.05) is 40.2 Å². The average molecular weight is 369 g/mol. The lowest BCUT2D eigenvalue weighted by atomic mass is 10.2. The topological polar surface area (TPSA) is 72.2 Å². The normalized spacial score (nSPS) is 11.5. The van der Waals surface area contributed by atoms with Crippen molar-refractivity contribution in [2.45, 2.75) is 17.9 Å². The summed E-state index contributed by atoms with van der Waals surface area (Å²) in [5.74, 6) is 0. The summed E-state index contributed by atoms with van der Waals surface area (Å²) in [4.78, 5) is 0.264. The molecule has 0 aliphatic rings. The molecule has 21 heavy (non-hydrogen) atoms. The third-order valence-electron chi connectivity index (χ3n) is 3.05. The van der Waals surface area contributed by atoms with Crippen molar-refractivity contribution in [1.82, 2.24) is 4.72 Å². The summed E-state index contributed by atoms with van der Waals surface area (Å²) in [5, 5.41) is 0. The summed E-state index contributed by atoms with van der Waals surface area (Å²) in [5.41, 5.74) is 7.41. The summed E-state index contributed by atoms with van der Waals surface area (Å²) < 4.78 is 28.0. The van der Waals surface area contributed by atoms with Crippen molar-refractivity contribution in [1.29, 1.82) is 0 Å². The second-order valence-corrected chi connectivity index (χ2v) is 7.32. The fourth-order valence-electron chi connectivity index (χ4n) is 1.87. The van der Waals surface area contributed by atoms with Crippen LogP contribution in [0.3, 0.4) is 0 Å². The van der Waals surface area contributed by atoms with Gasteiger partial charge in [0, 0.05) is 11.0 Å². The minimum absolute atomic E-state index is 0.264. The van der Waals surface area contributed by atoms with Gasteiger partial charge in [0.2, 0.25) is 10.0 Å². The van der Waals surface area contributed by atoms with Gasteiger partial charge in [-0.25, -0.2) is 13.1 Å². The number of hydrogen-bond donors (Lipinski definition) is 2. The predicted molar refractivity (Wildman–Crippen MR) is 87.4 cm³/mol. The SMILES string of the molecule is NCCc1ccc(S(=O)(=O)NCc2ccc(Br)cc2)cc1. The van der Waals surface area contributed by atoms with Crippen LogP contribution in [0.1, 0.15) is 11.1 Å². The van der Waals surface area contributed by atoms with Gasteiger partial charge in [-0.2, -0.15) is 0 Å². The lowest BCUT2D eigenvalue weighted by Gasteiger charge is -2.08. The fraction of sp³-hybridized carbons (Fsp3) is 0.200. The van der Waals surface area contributed by atoms with Gasteiger partial charge in [0.1, 0.15) is 0 Å². The van der Waals surface area contributed by atoms with E-state index in [4.69, 9.17) is 5.73 Å². The smallest absolute Gasteiger partial charge is 0.240 e. The molecule has 0 heterocycles. The summed E-state index contributed by atoms with van der Waals surface area (Å²) in [6.45, 7) is 0.814. The lowest BCUT2D eigenvalue weighted by Crippen LogP contribution is -2.23. The van der Waals surface area contributed by atoms with E-state index in [1.54, 1.807) is 24.3 Å². The van der Waals surface area contributed by atoms with Crippen LogP contribution in [0.5, 0.6) is 0 Å². The molecule has 2 aromatic rings. The Balaban J connectivity index is 2.05. The highest BCUT2D eigenvalue weighted by atomic mass is 79.9. The average Bonchev–Trinajstić information content (AvgIpc) is 2.48. The molecule has 0 saturated heterocycles. The number of sulfonamides is 1. The van der Waals surface area contributed by atoms with Gasteiger partial charge in [0.05, 0.1) is 4.90 Å². The van der Waals surface area contributed by atoms with E-state index in [0.29, 0.717) is 6.54 Å². The van der Waals surface area contributed by atoms with Gasteiger partial charge >= 0.3 is 0 Å². The molecule has 0 aliphatic heterocycles. The lowest BCUT2D eigenvalue weighted by molar-refractivity contribution is 0.581. The molecule has 0 atom stereocenters. The summed E-state index contributed by atoms with van der Waals surface area (Å²) in [7, 11) is -3.49. The molecule has 2 aromatic carbocycles. The van der Waals surface area contributed by atoms with E-state index in [2.05, 4.69) is 20.7 Å². The van der Waals surface area contributed by atoms with E-state index in [0.717, 1.165) is 22.0 Å². The van der Waals surface area contributed by atoms with Crippen molar-refractivity contribution in [3.8, 4) is 0 Å². The van der Waals surface area contributed by atoms with E-state index >= 15 is 0 Å². The maximum Gasteiger partial charge on any atom is 0.240 e. The molecular formula is C15H17BrN2O2S. The molecule has 3 N–H and O–H groups in total. The number of halogens is 1. The summed E-state index contributed by atoms with van der Waals surface area (Å²) in [6, 6.07) is 14.3. The van der Waals surface area contributed by atoms with Crippen molar-refractivity contribution >= 4 is 26.0 Å². The third-order valence-corrected chi connectivity index (χ3v) is 4.99. The molecule has 6 heteroatoms. The summed E-state index contributed by atoms with van der Waals surface area (Å²) in [6.07, 6.45) is 0.743. The Hall–Kier alpha value is -1.21. The molecule has 0 spiro atoms. The van der Waals surface area contributed by atoms with Gasteiger partial charge in [0.25, 0.3) is 0 Å². The molecule has 0 aromatic heterocycles. The maximum absolute atomic E-state index is 12.2. The monoisotopic (exact) mass is 368 g/mol. The molecule has 2 rings (SSSR count). The standard InChI is InChI=1S/C15H17BrN2O2S/c16-14-5-1-13(2-6-14)11-18-21(19,20)15-7-3-12(4-8-15)9-10-17/h1-8,18H,9-11,17H2. The van der Waals surface area contributed by atoms with Gasteiger partial charge in [-0.15, -0.1) is 0 Å². The zero-order valence-electron chi connectivity index (χ0n) is 11.4. The fourth-order valence-corrected chi connectivity index (χ4v) is 3.15. The molecule has 0 saturated carbocycles. The first kappa shape index (κ1) is 16.2. The molecule has 0 amide bonds. The second kappa shape index (κ2) is 7.17. The Kier molecular flexibility index (Phi) is 5.52. The first-order valence-electron chi connectivity index (χ1n) is 6.54. The van der Waals surface area contributed by atoms with E-state index in [1.165, 1.54) is 0 Å². The van der Waals surface area contributed by atoms with Crippen LogP contribution in [0.15, 0.2) is 57.9 Å². The number of nitrogens with one attached hydrogen (secondary N) is 1. The zero-order chi connectivity index (χ0) is 15.3. The Labute approximate surface area is 133 Å². The minimum Gasteiger partial charge on any atom is -0.330 e. The quantitative estimate of drug-likeness (QED) is 0.822. The largest absolute Gasteiger partial charge is 0.330 e. The molecule has 0 bridgehead atoms. The van der Waals surface area contributed by atoms with E-state index < -0.39 is 10.0 Å². The number of nitrogens with two attached hydrogens (primary N) is 1. The molecule has 0 fully saturated rings. The molecule has 112 valence electrons. The van der Waals surface area contributed by atoms with E-state index in [1.807, 2.05) is 24.3 Å². The van der Waals surface area contributed by atoms with Crippen LogP contribution in [-0.4, -0.2) is 15.0 Å². The van der Waals surface area contributed by atoms with Crippen LogP contribution < -0.4 is 10.5 Å². The zero-order valence-corrected chi connectivity index (χ0v) is 13.8. The van der Waals surface area contributed by atoms with Crippen LogP contribution in [0.4, 0.5) is 0 Å². The van der Waals surface area contributed by atoms with E-state index in [9.17, 15) is 8.42 Å². The number of rotatable bonds is 6. The highest BCUT2D eigenvalue weighted by molar-refractivity contribution is 9.10. The van der Waals surface area contributed by atoms with Gasteiger partial charge < -0.3 is 5.73 Å². The van der Waals surface area contributed by atoms with Crippen molar-refractivity contribution in [3.63, 3.8) is 0 Å². The van der Waals surface area contributed by atoms with Gasteiger partial charge in [-0.3, -0.25) is 0 Å². The Morgan fingerprint density at radius 1 is 0.952 bits per heavy atom. The maximum atomic E-state index is 12.2. The van der Waals surface area contributed by atoms with Crippen LogP contribution >= 0.6 is 15.9 Å². The Morgan fingerprint density at radius 3 is 2.10 bits per heavy atom. The van der Waals surface area contributed by atoms with Crippen LogP contribution in [0, 0.1) is 0 Å². The van der Waals surface area contributed by atoms with Crippen LogP contribution in [0.25, 0.3) is 0 Å². The minimum atomic E-state index is -3.49.